The van der Waals surface area contributed by atoms with Gasteiger partial charge < -0.3 is 4.74 Å². The molecule has 44 heavy (non-hydrogen) atoms. The number of amides is 2. The molecule has 2 aromatic carbocycles. The van der Waals surface area contributed by atoms with Crippen LogP contribution >= 0.6 is 24.0 Å². The molecule has 0 spiro atoms. The zero-order valence-electron chi connectivity index (χ0n) is 24.9. The van der Waals surface area contributed by atoms with Crippen molar-refractivity contribution in [2.75, 3.05) is 13.1 Å². The number of likely N-dealkylation sites (tertiary alicyclic amines) is 1. The van der Waals surface area contributed by atoms with E-state index in [4.69, 9.17) is 4.74 Å². The summed E-state index contributed by atoms with van der Waals surface area (Å²) in [6, 6.07) is 11.9. The molecular formula is C33H36F4IN3O3. The Bertz CT molecular complexity index is 1590. The first-order valence-corrected chi connectivity index (χ1v) is 15.0. The number of carbonyl (C=O) groups is 2. The van der Waals surface area contributed by atoms with Crippen LogP contribution in [0.1, 0.15) is 81.0 Å². The Kier molecular flexibility index (Phi) is 8.65. The molecule has 4 heterocycles. The standard InChI is InChI=1S/C31H29F4N3O3.C2H6.HI/c1-28-17-38(16-18-2-4-20(5-3-18)29(10-11-29)31(33,34)35)13-12-30(28,41-28)23-7-8-24-22(26(23)32)14-19(15-36-24)21-6-9-25(39)37-27(21)40;1-2;/h2-5,7-8,14-15,21H,6,9-13,16-17H2,1H3,(H,37,39,40);1-2H3;1H. The molecule has 236 valence electrons. The Morgan fingerprint density at radius 3 is 2.39 bits per heavy atom. The van der Waals surface area contributed by atoms with Gasteiger partial charge in [0.05, 0.1) is 16.8 Å². The molecule has 1 aromatic heterocycles. The molecule has 3 aromatic rings. The number of nitrogens with one attached hydrogen (secondary N) is 1. The third kappa shape index (κ3) is 5.32. The second-order valence-corrected chi connectivity index (χ2v) is 12.2. The summed E-state index contributed by atoms with van der Waals surface area (Å²) in [5.41, 5.74) is -0.351. The molecule has 6 nitrogen and oxygen atoms in total. The van der Waals surface area contributed by atoms with Crippen LogP contribution in [0.4, 0.5) is 17.6 Å². The number of hydrogen-bond acceptors (Lipinski definition) is 5. The molecule has 4 aliphatic rings. The first-order valence-electron chi connectivity index (χ1n) is 15.0. The molecule has 3 saturated heterocycles. The number of alkyl halides is 3. The molecule has 1 N–H and O–H groups in total. The van der Waals surface area contributed by atoms with Crippen molar-refractivity contribution < 1.29 is 31.9 Å². The zero-order valence-corrected chi connectivity index (χ0v) is 27.2. The Morgan fingerprint density at radius 1 is 1.07 bits per heavy atom. The summed E-state index contributed by atoms with van der Waals surface area (Å²) in [6.45, 7) is 7.71. The Balaban J connectivity index is 0.00000126. The van der Waals surface area contributed by atoms with Gasteiger partial charge >= 0.3 is 6.18 Å². The minimum atomic E-state index is -4.23. The predicted molar refractivity (Wildman–Crippen MR) is 168 cm³/mol. The average Bonchev–Trinajstić information content (AvgIpc) is 3.89. The van der Waals surface area contributed by atoms with Gasteiger partial charge in [0.1, 0.15) is 17.0 Å². The molecule has 1 aliphatic carbocycles. The van der Waals surface area contributed by atoms with Crippen molar-refractivity contribution in [2.24, 2.45) is 0 Å². The SMILES string of the molecule is CC.CC12CN(Cc3ccc(C4(C(F)(F)F)CC4)cc3)CCC1(c1ccc3ncc(C4CCC(=O)NC4=O)cc3c1F)O2.I. The maximum atomic E-state index is 16.1. The van der Waals surface area contributed by atoms with Crippen LogP contribution < -0.4 is 5.32 Å². The summed E-state index contributed by atoms with van der Waals surface area (Å²) in [7, 11) is 0. The largest absolute Gasteiger partial charge is 0.398 e. The lowest BCUT2D eigenvalue weighted by Crippen LogP contribution is -2.44. The smallest absolute Gasteiger partial charge is 0.356 e. The fourth-order valence-electron chi connectivity index (χ4n) is 7.01. The van der Waals surface area contributed by atoms with Gasteiger partial charge in [-0.05, 0) is 61.4 Å². The molecule has 3 atom stereocenters. The Morgan fingerprint density at radius 2 is 1.77 bits per heavy atom. The molecule has 1 saturated carbocycles. The van der Waals surface area contributed by atoms with E-state index in [-0.39, 0.29) is 49.1 Å². The van der Waals surface area contributed by atoms with Gasteiger partial charge in [0.2, 0.25) is 11.8 Å². The fourth-order valence-corrected chi connectivity index (χ4v) is 7.01. The predicted octanol–water partition coefficient (Wildman–Crippen LogP) is 7.02. The Hall–Kier alpha value is -2.64. The van der Waals surface area contributed by atoms with E-state index in [1.807, 2.05) is 20.8 Å². The quantitative estimate of drug-likeness (QED) is 0.133. The number of benzene rings is 2. The van der Waals surface area contributed by atoms with Crippen LogP contribution in [0.2, 0.25) is 0 Å². The molecule has 0 bridgehead atoms. The Labute approximate surface area is 270 Å². The lowest BCUT2D eigenvalue weighted by Gasteiger charge is -2.33. The van der Waals surface area contributed by atoms with Crippen molar-refractivity contribution >= 4 is 46.7 Å². The number of imide groups is 1. The van der Waals surface area contributed by atoms with Gasteiger partial charge in [0, 0.05) is 43.2 Å². The number of piperidine rings is 2. The molecule has 0 radical (unpaired) electrons. The molecule has 3 unspecified atom stereocenters. The van der Waals surface area contributed by atoms with Gasteiger partial charge in [-0.15, -0.1) is 24.0 Å². The van der Waals surface area contributed by atoms with Gasteiger partial charge in [-0.3, -0.25) is 24.8 Å². The first kappa shape index (κ1) is 32.7. The highest BCUT2D eigenvalue weighted by Gasteiger charge is 2.70. The highest BCUT2D eigenvalue weighted by molar-refractivity contribution is 14.0. The molecule has 2 amide bonds. The number of hydrogen-bond donors (Lipinski definition) is 1. The maximum absolute atomic E-state index is 16.1. The first-order chi connectivity index (χ1) is 20.4. The second-order valence-electron chi connectivity index (χ2n) is 12.2. The van der Waals surface area contributed by atoms with Gasteiger partial charge in [-0.25, -0.2) is 4.39 Å². The number of pyridine rings is 1. The monoisotopic (exact) mass is 725 g/mol. The van der Waals surface area contributed by atoms with Crippen LogP contribution in [0.25, 0.3) is 10.9 Å². The van der Waals surface area contributed by atoms with Gasteiger partial charge in [0.15, 0.2) is 0 Å². The van der Waals surface area contributed by atoms with E-state index >= 15 is 4.39 Å². The number of rotatable bonds is 5. The normalized spacial score (nSPS) is 27.4. The summed E-state index contributed by atoms with van der Waals surface area (Å²) >= 11 is 0. The van der Waals surface area contributed by atoms with Crippen molar-refractivity contribution in [1.82, 2.24) is 15.2 Å². The number of carbonyl (C=O) groups excluding carboxylic acids is 2. The van der Waals surface area contributed by atoms with Crippen LogP contribution in [-0.2, 0) is 31.9 Å². The summed E-state index contributed by atoms with van der Waals surface area (Å²) in [6.07, 6.45) is -1.26. The summed E-state index contributed by atoms with van der Waals surface area (Å²) in [5, 5.41) is 2.65. The van der Waals surface area contributed by atoms with Gasteiger partial charge in [-0.1, -0.05) is 44.2 Å². The van der Waals surface area contributed by atoms with Crippen molar-refractivity contribution in [3.63, 3.8) is 0 Å². The van der Waals surface area contributed by atoms with Crippen LogP contribution in [0.15, 0.2) is 48.7 Å². The van der Waals surface area contributed by atoms with Crippen LogP contribution in [0.3, 0.4) is 0 Å². The van der Waals surface area contributed by atoms with Crippen molar-refractivity contribution in [1.29, 1.82) is 0 Å². The maximum Gasteiger partial charge on any atom is 0.398 e. The molecule has 3 aliphatic heterocycles. The highest BCUT2D eigenvalue weighted by Crippen LogP contribution is 2.61. The molecule has 4 fully saturated rings. The third-order valence-electron chi connectivity index (χ3n) is 9.62. The molecule has 7 rings (SSSR count). The van der Waals surface area contributed by atoms with E-state index in [1.54, 1.807) is 48.7 Å². The van der Waals surface area contributed by atoms with Crippen LogP contribution in [0.5, 0.6) is 0 Å². The topological polar surface area (TPSA) is 74.8 Å². The number of nitrogens with zero attached hydrogens (tertiary/aromatic N) is 2. The van der Waals surface area contributed by atoms with Gasteiger partial charge in [-0.2, -0.15) is 13.2 Å². The van der Waals surface area contributed by atoms with Crippen molar-refractivity contribution in [2.45, 2.75) is 88.1 Å². The minimum Gasteiger partial charge on any atom is -0.356 e. The van der Waals surface area contributed by atoms with E-state index in [9.17, 15) is 22.8 Å². The highest BCUT2D eigenvalue weighted by atomic mass is 127. The van der Waals surface area contributed by atoms with Crippen molar-refractivity contribution in [3.8, 4) is 0 Å². The van der Waals surface area contributed by atoms with E-state index in [0.29, 0.717) is 60.1 Å². The summed E-state index contributed by atoms with van der Waals surface area (Å²) < 4.78 is 62.9. The summed E-state index contributed by atoms with van der Waals surface area (Å²) in [4.78, 5) is 30.5. The van der Waals surface area contributed by atoms with Gasteiger partial charge in [0.25, 0.3) is 0 Å². The number of ether oxygens (including phenoxy) is 1. The number of halogens is 5. The number of aromatic nitrogens is 1. The molecular weight excluding hydrogens is 689 g/mol. The fraction of sp³-hybridized carbons (Fsp3) is 0.485. The van der Waals surface area contributed by atoms with E-state index in [0.717, 1.165) is 5.56 Å². The minimum absolute atomic E-state index is 0. The lowest BCUT2D eigenvalue weighted by molar-refractivity contribution is -0.160. The summed E-state index contributed by atoms with van der Waals surface area (Å²) in [5.74, 6) is -1.69. The lowest BCUT2D eigenvalue weighted by atomic mass is 9.80. The number of fused-ring (bicyclic) bond motifs is 2. The third-order valence-corrected chi connectivity index (χ3v) is 9.62. The molecule has 11 heteroatoms. The van der Waals surface area contributed by atoms with E-state index in [2.05, 4.69) is 15.2 Å². The van der Waals surface area contributed by atoms with Crippen LogP contribution in [-0.4, -0.2) is 46.6 Å². The second kappa shape index (κ2) is 11.6. The average molecular weight is 726 g/mol. The van der Waals surface area contributed by atoms with E-state index in [1.165, 1.54) is 0 Å². The zero-order chi connectivity index (χ0) is 30.8. The van der Waals surface area contributed by atoms with E-state index < -0.39 is 40.4 Å². The van der Waals surface area contributed by atoms with Crippen molar-refractivity contribution in [3.05, 3.63) is 76.7 Å². The van der Waals surface area contributed by atoms with Crippen LogP contribution in [0, 0.1) is 5.82 Å². The number of epoxide rings is 1.